The fraction of sp³-hybridized carbons (Fsp3) is 0.462. The molecule has 8 nitrogen and oxygen atoms in total. The maximum atomic E-state index is 13.4. The van der Waals surface area contributed by atoms with Crippen LogP contribution in [-0.2, 0) is 26.2 Å². The molecule has 0 aromatic heterocycles. The number of carbonyl (C=O) groups excluding carboxylic acids is 2. The first kappa shape index (κ1) is 30.7. The molecular formula is C26H35Cl2N3O5S. The number of ether oxygens (including phenoxy) is 1. The molecule has 2 aromatic carbocycles. The van der Waals surface area contributed by atoms with Gasteiger partial charge in [-0.15, -0.1) is 0 Å². The summed E-state index contributed by atoms with van der Waals surface area (Å²) in [4.78, 5) is 27.7. The average molecular weight is 573 g/mol. The van der Waals surface area contributed by atoms with Gasteiger partial charge in [0.15, 0.2) is 0 Å². The van der Waals surface area contributed by atoms with Gasteiger partial charge in [0.25, 0.3) is 0 Å². The van der Waals surface area contributed by atoms with Gasteiger partial charge in [-0.05, 0) is 68.7 Å². The van der Waals surface area contributed by atoms with Gasteiger partial charge < -0.3 is 15.0 Å². The fourth-order valence-electron chi connectivity index (χ4n) is 3.63. The van der Waals surface area contributed by atoms with E-state index in [-0.39, 0.29) is 43.8 Å². The molecular weight excluding hydrogens is 537 g/mol. The number of methoxy groups -OCH3 is 1. The molecule has 204 valence electrons. The van der Waals surface area contributed by atoms with Crippen molar-refractivity contribution in [2.45, 2.75) is 58.7 Å². The van der Waals surface area contributed by atoms with Gasteiger partial charge in [0, 0.05) is 35.6 Å². The van der Waals surface area contributed by atoms with Gasteiger partial charge in [-0.3, -0.25) is 13.9 Å². The lowest BCUT2D eigenvalue weighted by Gasteiger charge is -2.30. The van der Waals surface area contributed by atoms with E-state index in [0.29, 0.717) is 27.0 Å². The van der Waals surface area contributed by atoms with Crippen molar-refractivity contribution in [3.63, 3.8) is 0 Å². The van der Waals surface area contributed by atoms with Gasteiger partial charge in [-0.2, -0.15) is 0 Å². The van der Waals surface area contributed by atoms with E-state index in [1.165, 1.54) is 16.3 Å². The van der Waals surface area contributed by atoms with Gasteiger partial charge in [0.05, 0.1) is 19.1 Å². The summed E-state index contributed by atoms with van der Waals surface area (Å²) >= 11 is 12.4. The third-order valence-electron chi connectivity index (χ3n) is 6.04. The van der Waals surface area contributed by atoms with Gasteiger partial charge >= 0.3 is 0 Å². The van der Waals surface area contributed by atoms with Crippen LogP contribution in [0.3, 0.4) is 0 Å². The minimum atomic E-state index is -3.59. The summed E-state index contributed by atoms with van der Waals surface area (Å²) in [5.74, 6) is 0.0401. The SMILES string of the molecule is CC[C@@H](C)NC(=O)[C@@H](C)N(Cc1ccc(Cl)cc1Cl)C(=O)CCCN(c1ccc(OC)cc1)S(C)(=O)=O. The smallest absolute Gasteiger partial charge is 0.242 e. The van der Waals surface area contributed by atoms with E-state index in [1.54, 1.807) is 49.4 Å². The number of carbonyl (C=O) groups is 2. The van der Waals surface area contributed by atoms with E-state index in [1.807, 2.05) is 13.8 Å². The van der Waals surface area contributed by atoms with Crippen molar-refractivity contribution in [2.75, 3.05) is 24.2 Å². The molecule has 0 spiro atoms. The highest BCUT2D eigenvalue weighted by Crippen LogP contribution is 2.25. The standard InChI is InChI=1S/C26H35Cl2N3O5S/c1-6-18(2)29-26(33)19(3)30(17-20-9-10-21(27)16-24(20)28)25(32)8-7-15-31(37(5,34)35)22-11-13-23(36-4)14-12-22/h9-14,16,18-19H,6-8,15,17H2,1-5H3,(H,29,33)/t18-,19-/m1/s1. The summed E-state index contributed by atoms with van der Waals surface area (Å²) in [6.07, 6.45) is 2.16. The number of rotatable bonds is 13. The van der Waals surface area contributed by atoms with E-state index in [2.05, 4.69) is 5.32 Å². The van der Waals surface area contributed by atoms with Gasteiger partial charge in [0.1, 0.15) is 11.8 Å². The number of amides is 2. The molecule has 0 saturated carbocycles. The first-order valence-corrected chi connectivity index (χ1v) is 14.6. The lowest BCUT2D eigenvalue weighted by atomic mass is 10.1. The minimum Gasteiger partial charge on any atom is -0.497 e. The Hall–Kier alpha value is -2.49. The minimum absolute atomic E-state index is 0.0360. The number of benzene rings is 2. The largest absolute Gasteiger partial charge is 0.497 e. The Morgan fingerprint density at radius 1 is 1.08 bits per heavy atom. The van der Waals surface area contributed by atoms with Crippen LogP contribution in [0.2, 0.25) is 10.0 Å². The van der Waals surface area contributed by atoms with E-state index in [4.69, 9.17) is 27.9 Å². The molecule has 0 radical (unpaired) electrons. The van der Waals surface area contributed by atoms with Gasteiger partial charge in [-0.1, -0.05) is 36.2 Å². The van der Waals surface area contributed by atoms with Crippen LogP contribution in [0.15, 0.2) is 42.5 Å². The molecule has 2 aromatic rings. The highest BCUT2D eigenvalue weighted by molar-refractivity contribution is 7.92. The summed E-state index contributed by atoms with van der Waals surface area (Å²) in [7, 11) is -2.06. The van der Waals surface area contributed by atoms with Crippen LogP contribution in [-0.4, -0.2) is 57.1 Å². The molecule has 0 fully saturated rings. The Labute approximate surface area is 229 Å². The predicted octanol–water partition coefficient (Wildman–Crippen LogP) is 4.88. The van der Waals surface area contributed by atoms with Crippen molar-refractivity contribution in [1.82, 2.24) is 10.2 Å². The summed E-state index contributed by atoms with van der Waals surface area (Å²) in [5, 5.41) is 3.77. The lowest BCUT2D eigenvalue weighted by Crippen LogP contribution is -2.49. The van der Waals surface area contributed by atoms with Crippen LogP contribution in [0.1, 0.15) is 45.6 Å². The molecule has 0 saturated heterocycles. The summed E-state index contributed by atoms with van der Waals surface area (Å²) < 4.78 is 31.3. The molecule has 0 aliphatic carbocycles. The fourth-order valence-corrected chi connectivity index (χ4v) is 5.07. The van der Waals surface area contributed by atoms with Crippen LogP contribution >= 0.6 is 23.2 Å². The molecule has 0 aliphatic heterocycles. The lowest BCUT2D eigenvalue weighted by molar-refractivity contribution is -0.140. The number of hydrogen-bond acceptors (Lipinski definition) is 5. The number of sulfonamides is 1. The number of halogens is 2. The highest BCUT2D eigenvalue weighted by atomic mass is 35.5. The van der Waals surface area contributed by atoms with Crippen molar-refractivity contribution in [3.05, 3.63) is 58.1 Å². The Kier molecular flexibility index (Phi) is 11.5. The molecule has 0 unspecified atom stereocenters. The number of hydrogen-bond donors (Lipinski definition) is 1. The van der Waals surface area contributed by atoms with Gasteiger partial charge in [-0.25, -0.2) is 8.42 Å². The van der Waals surface area contributed by atoms with Crippen molar-refractivity contribution < 1.29 is 22.7 Å². The molecule has 11 heteroatoms. The van der Waals surface area contributed by atoms with E-state index < -0.39 is 16.1 Å². The first-order chi connectivity index (χ1) is 17.4. The van der Waals surface area contributed by atoms with E-state index >= 15 is 0 Å². The molecule has 2 amide bonds. The molecule has 2 rings (SSSR count). The van der Waals surface area contributed by atoms with E-state index in [0.717, 1.165) is 12.7 Å². The zero-order valence-electron chi connectivity index (χ0n) is 21.8. The Bertz CT molecular complexity index is 1180. The van der Waals surface area contributed by atoms with Crippen molar-refractivity contribution in [1.29, 1.82) is 0 Å². The van der Waals surface area contributed by atoms with Crippen molar-refractivity contribution in [3.8, 4) is 5.75 Å². The van der Waals surface area contributed by atoms with Crippen LogP contribution < -0.4 is 14.4 Å². The third kappa shape index (κ3) is 9.09. The zero-order chi connectivity index (χ0) is 27.8. The normalized spacial score (nSPS) is 12.9. The third-order valence-corrected chi connectivity index (χ3v) is 7.82. The second-order valence-corrected chi connectivity index (χ2v) is 11.6. The Balaban J connectivity index is 2.20. The number of anilines is 1. The van der Waals surface area contributed by atoms with Crippen LogP contribution in [0.5, 0.6) is 5.75 Å². The molecule has 0 aliphatic rings. The molecule has 0 heterocycles. The summed E-state index contributed by atoms with van der Waals surface area (Å²) in [6, 6.07) is 10.8. The van der Waals surface area contributed by atoms with Crippen molar-refractivity contribution >= 4 is 50.7 Å². The van der Waals surface area contributed by atoms with Crippen LogP contribution in [0, 0.1) is 0 Å². The molecule has 37 heavy (non-hydrogen) atoms. The predicted molar refractivity (Wildman–Crippen MR) is 149 cm³/mol. The summed E-state index contributed by atoms with van der Waals surface area (Å²) in [6.45, 7) is 5.73. The summed E-state index contributed by atoms with van der Waals surface area (Å²) in [5.41, 5.74) is 1.13. The quantitative estimate of drug-likeness (QED) is 0.369. The zero-order valence-corrected chi connectivity index (χ0v) is 24.2. The molecule has 1 N–H and O–H groups in total. The maximum Gasteiger partial charge on any atom is 0.242 e. The highest BCUT2D eigenvalue weighted by Gasteiger charge is 2.28. The maximum absolute atomic E-state index is 13.4. The van der Waals surface area contributed by atoms with Crippen LogP contribution in [0.25, 0.3) is 0 Å². The molecule has 0 bridgehead atoms. The first-order valence-electron chi connectivity index (χ1n) is 12.0. The van der Waals surface area contributed by atoms with Crippen LogP contribution in [0.4, 0.5) is 5.69 Å². The average Bonchev–Trinajstić information content (AvgIpc) is 2.84. The number of nitrogens with zero attached hydrogens (tertiary/aromatic N) is 2. The second-order valence-electron chi connectivity index (χ2n) is 8.89. The van der Waals surface area contributed by atoms with E-state index in [9.17, 15) is 18.0 Å². The van der Waals surface area contributed by atoms with Crippen molar-refractivity contribution in [2.24, 2.45) is 0 Å². The number of nitrogens with one attached hydrogen (secondary N) is 1. The topological polar surface area (TPSA) is 96.0 Å². The van der Waals surface area contributed by atoms with Gasteiger partial charge in [0.2, 0.25) is 21.8 Å². The Morgan fingerprint density at radius 2 is 1.73 bits per heavy atom. The Morgan fingerprint density at radius 3 is 2.27 bits per heavy atom. The monoisotopic (exact) mass is 571 g/mol. The molecule has 2 atom stereocenters. The second kappa shape index (κ2) is 13.9.